The summed E-state index contributed by atoms with van der Waals surface area (Å²) in [5.41, 5.74) is 6.09. The van der Waals surface area contributed by atoms with Gasteiger partial charge in [-0.1, -0.05) is 37.0 Å². The van der Waals surface area contributed by atoms with E-state index in [4.69, 9.17) is 33.7 Å². The Kier molecular flexibility index (Phi) is 8.41. The lowest BCUT2D eigenvalue weighted by Crippen LogP contribution is -2.49. The van der Waals surface area contributed by atoms with Gasteiger partial charge < -0.3 is 15.8 Å². The van der Waals surface area contributed by atoms with Crippen molar-refractivity contribution >= 4 is 41.5 Å². The van der Waals surface area contributed by atoms with Gasteiger partial charge in [0.05, 0.1) is 22.7 Å². The van der Waals surface area contributed by atoms with Crippen LogP contribution in [0.2, 0.25) is 10.0 Å². The molecule has 0 aliphatic carbocycles. The van der Waals surface area contributed by atoms with Crippen LogP contribution >= 0.6 is 35.6 Å². The molecule has 120 valence electrons. The van der Waals surface area contributed by atoms with Gasteiger partial charge in [0, 0.05) is 18.2 Å². The molecular weight excluding hydrogens is 335 g/mol. The molecule has 0 atom stereocenters. The number of amides is 1. The predicted octanol–water partition coefficient (Wildman–Crippen LogP) is 3.67. The molecule has 7 heteroatoms. The fraction of sp³-hybridized carbons (Fsp3) is 0.500. The lowest BCUT2D eigenvalue weighted by atomic mass is 9.94. The fourth-order valence-corrected chi connectivity index (χ4v) is 2.04. The molecule has 0 fully saturated rings. The van der Waals surface area contributed by atoms with E-state index in [-0.39, 0.29) is 18.3 Å². The Balaban J connectivity index is 0.00000400. The van der Waals surface area contributed by atoms with Gasteiger partial charge in [0.15, 0.2) is 0 Å². The first-order valence-electron chi connectivity index (χ1n) is 6.47. The quantitative estimate of drug-likeness (QED) is 0.818. The van der Waals surface area contributed by atoms with Gasteiger partial charge in [-0.25, -0.2) is 0 Å². The van der Waals surface area contributed by atoms with E-state index in [0.29, 0.717) is 27.9 Å². The summed E-state index contributed by atoms with van der Waals surface area (Å²) in [5.74, 6) is 0.102. The summed E-state index contributed by atoms with van der Waals surface area (Å²) in [7, 11) is 1.47. The third kappa shape index (κ3) is 5.22. The zero-order chi connectivity index (χ0) is 15.3. The molecule has 1 rings (SSSR count). The molecule has 0 aliphatic rings. The average molecular weight is 356 g/mol. The summed E-state index contributed by atoms with van der Waals surface area (Å²) in [5, 5.41) is 3.47. The van der Waals surface area contributed by atoms with Crippen molar-refractivity contribution in [3.8, 4) is 5.75 Å². The molecule has 0 bridgehead atoms. The highest BCUT2D eigenvalue weighted by Crippen LogP contribution is 2.30. The number of halogens is 3. The van der Waals surface area contributed by atoms with Gasteiger partial charge in [0.2, 0.25) is 0 Å². The minimum Gasteiger partial charge on any atom is -0.496 e. The lowest BCUT2D eigenvalue weighted by molar-refractivity contribution is 0.0939. The highest BCUT2D eigenvalue weighted by molar-refractivity contribution is 6.42. The van der Waals surface area contributed by atoms with Crippen LogP contribution in [0.5, 0.6) is 5.75 Å². The number of benzene rings is 1. The largest absolute Gasteiger partial charge is 0.496 e. The second kappa shape index (κ2) is 8.69. The van der Waals surface area contributed by atoms with Crippen LogP contribution in [0.25, 0.3) is 0 Å². The van der Waals surface area contributed by atoms with E-state index in [1.807, 2.05) is 13.8 Å². The van der Waals surface area contributed by atoms with Gasteiger partial charge >= 0.3 is 0 Å². The number of rotatable bonds is 6. The molecule has 0 heterocycles. The number of ether oxygens (including phenoxy) is 1. The molecule has 21 heavy (non-hydrogen) atoms. The van der Waals surface area contributed by atoms with Crippen molar-refractivity contribution in [1.29, 1.82) is 0 Å². The molecule has 0 aliphatic heterocycles. The lowest BCUT2D eigenvalue weighted by Gasteiger charge is -2.27. The van der Waals surface area contributed by atoms with E-state index in [2.05, 4.69) is 5.32 Å². The van der Waals surface area contributed by atoms with Gasteiger partial charge in [-0.15, -0.1) is 12.4 Å². The number of nitrogens with one attached hydrogen (secondary N) is 1. The SMILES string of the molecule is CCC(N)(CC)CNC(=O)c1cc(Cl)c(Cl)cc1OC.Cl. The zero-order valence-corrected chi connectivity index (χ0v) is 14.7. The van der Waals surface area contributed by atoms with Crippen molar-refractivity contribution in [2.75, 3.05) is 13.7 Å². The molecule has 1 amide bonds. The van der Waals surface area contributed by atoms with E-state index in [9.17, 15) is 4.79 Å². The zero-order valence-electron chi connectivity index (χ0n) is 12.3. The van der Waals surface area contributed by atoms with Crippen LogP contribution in [0.15, 0.2) is 12.1 Å². The molecule has 0 radical (unpaired) electrons. The highest BCUT2D eigenvalue weighted by atomic mass is 35.5. The topological polar surface area (TPSA) is 64.3 Å². The minimum atomic E-state index is -0.404. The van der Waals surface area contributed by atoms with Crippen LogP contribution in [-0.4, -0.2) is 25.1 Å². The average Bonchev–Trinajstić information content (AvgIpc) is 2.46. The van der Waals surface area contributed by atoms with E-state index in [1.165, 1.54) is 19.2 Å². The van der Waals surface area contributed by atoms with E-state index >= 15 is 0 Å². The summed E-state index contributed by atoms with van der Waals surface area (Å²) >= 11 is 11.8. The van der Waals surface area contributed by atoms with Crippen molar-refractivity contribution < 1.29 is 9.53 Å². The van der Waals surface area contributed by atoms with Crippen molar-refractivity contribution in [1.82, 2.24) is 5.32 Å². The summed E-state index contributed by atoms with van der Waals surface area (Å²) < 4.78 is 5.15. The second-order valence-electron chi connectivity index (χ2n) is 4.72. The van der Waals surface area contributed by atoms with Gasteiger partial charge in [-0.3, -0.25) is 4.79 Å². The standard InChI is InChI=1S/C14H20Cl2N2O2.ClH/c1-4-14(17,5-2)8-18-13(19)9-6-10(15)11(16)7-12(9)20-3;/h6-7H,4-5,8,17H2,1-3H3,(H,18,19);1H. The fourth-order valence-electron chi connectivity index (χ4n) is 1.73. The molecular formula is C14H21Cl3N2O2. The van der Waals surface area contributed by atoms with Crippen LogP contribution in [0, 0.1) is 0 Å². The summed E-state index contributed by atoms with van der Waals surface area (Å²) in [4.78, 5) is 12.2. The summed E-state index contributed by atoms with van der Waals surface area (Å²) in [6.45, 7) is 4.38. The van der Waals surface area contributed by atoms with Crippen molar-refractivity contribution in [2.24, 2.45) is 5.73 Å². The number of carbonyl (C=O) groups is 1. The first-order chi connectivity index (χ1) is 9.36. The Bertz CT molecular complexity index is 491. The van der Waals surface area contributed by atoms with Crippen molar-refractivity contribution in [3.05, 3.63) is 27.7 Å². The van der Waals surface area contributed by atoms with Gasteiger partial charge in [0.25, 0.3) is 5.91 Å². The molecule has 0 aromatic heterocycles. The number of methoxy groups -OCH3 is 1. The molecule has 0 unspecified atom stereocenters. The maximum Gasteiger partial charge on any atom is 0.255 e. The Labute approximate surface area is 141 Å². The highest BCUT2D eigenvalue weighted by Gasteiger charge is 2.22. The van der Waals surface area contributed by atoms with E-state index < -0.39 is 5.54 Å². The normalized spacial score (nSPS) is 10.8. The predicted molar refractivity (Wildman–Crippen MR) is 90.1 cm³/mol. The minimum absolute atomic E-state index is 0. The van der Waals surface area contributed by atoms with Gasteiger partial charge in [-0.05, 0) is 18.9 Å². The van der Waals surface area contributed by atoms with Gasteiger partial charge in [0.1, 0.15) is 5.75 Å². The molecule has 0 saturated heterocycles. The molecule has 0 spiro atoms. The Morgan fingerprint density at radius 2 is 1.81 bits per heavy atom. The van der Waals surface area contributed by atoms with Crippen molar-refractivity contribution in [3.63, 3.8) is 0 Å². The summed E-state index contributed by atoms with van der Waals surface area (Å²) in [6, 6.07) is 3.02. The van der Waals surface area contributed by atoms with Crippen LogP contribution in [0.1, 0.15) is 37.0 Å². The van der Waals surface area contributed by atoms with Crippen LogP contribution < -0.4 is 15.8 Å². The van der Waals surface area contributed by atoms with Crippen molar-refractivity contribution in [2.45, 2.75) is 32.2 Å². The number of hydrogen-bond donors (Lipinski definition) is 2. The third-order valence-electron chi connectivity index (χ3n) is 3.50. The second-order valence-corrected chi connectivity index (χ2v) is 5.53. The monoisotopic (exact) mass is 354 g/mol. The van der Waals surface area contributed by atoms with E-state index in [0.717, 1.165) is 12.8 Å². The first kappa shape index (κ1) is 20.3. The number of hydrogen-bond acceptors (Lipinski definition) is 3. The molecule has 1 aromatic carbocycles. The van der Waals surface area contributed by atoms with Crippen LogP contribution in [0.4, 0.5) is 0 Å². The number of carbonyl (C=O) groups excluding carboxylic acids is 1. The maximum absolute atomic E-state index is 12.2. The Morgan fingerprint density at radius 1 is 1.29 bits per heavy atom. The molecule has 3 N–H and O–H groups in total. The third-order valence-corrected chi connectivity index (χ3v) is 4.22. The Hall–Kier alpha value is -0.680. The number of nitrogens with two attached hydrogens (primary N) is 1. The van der Waals surface area contributed by atoms with Crippen LogP contribution in [0.3, 0.4) is 0 Å². The smallest absolute Gasteiger partial charge is 0.255 e. The first-order valence-corrected chi connectivity index (χ1v) is 7.22. The molecule has 0 saturated carbocycles. The molecule has 4 nitrogen and oxygen atoms in total. The Morgan fingerprint density at radius 3 is 2.29 bits per heavy atom. The summed E-state index contributed by atoms with van der Waals surface area (Å²) in [6.07, 6.45) is 1.56. The van der Waals surface area contributed by atoms with Crippen LogP contribution in [-0.2, 0) is 0 Å². The van der Waals surface area contributed by atoms with E-state index in [1.54, 1.807) is 0 Å². The van der Waals surface area contributed by atoms with Gasteiger partial charge in [-0.2, -0.15) is 0 Å². The molecule has 1 aromatic rings. The maximum atomic E-state index is 12.2.